The summed E-state index contributed by atoms with van der Waals surface area (Å²) in [5, 5.41) is 0.942. The van der Waals surface area contributed by atoms with Crippen LogP contribution in [-0.4, -0.2) is 20.5 Å². The number of thioether (sulfide) groups is 2. The van der Waals surface area contributed by atoms with Crippen LogP contribution in [0.3, 0.4) is 0 Å². The van der Waals surface area contributed by atoms with Gasteiger partial charge in [-0.15, -0.1) is 18.3 Å². The quantitative estimate of drug-likeness (QED) is 0.491. The molecule has 1 fully saturated rings. The molecule has 1 atom stereocenters. The summed E-state index contributed by atoms with van der Waals surface area (Å²) in [5.41, 5.74) is 0. The predicted octanol–water partition coefficient (Wildman–Crippen LogP) is 4.36. The lowest BCUT2D eigenvalue weighted by Gasteiger charge is -2.34. The molecule has 0 spiro atoms. The first-order chi connectivity index (χ1) is 6.35. The third-order valence-corrected chi connectivity index (χ3v) is 4.72. The lowest BCUT2D eigenvalue weighted by Crippen LogP contribution is -2.27. The minimum atomic E-state index is 0.338. The molecule has 0 saturated carbocycles. The first-order valence-electron chi connectivity index (χ1n) is 5.27. The van der Waals surface area contributed by atoms with Gasteiger partial charge in [-0.25, -0.2) is 0 Å². The Hall–Kier alpha value is 0.440. The number of allylic oxidation sites excluding steroid dienone is 1. The number of rotatable bonds is 6. The van der Waals surface area contributed by atoms with Crippen LogP contribution in [-0.2, 0) is 0 Å². The van der Waals surface area contributed by atoms with E-state index in [-0.39, 0.29) is 0 Å². The molecule has 0 aromatic heterocycles. The van der Waals surface area contributed by atoms with Crippen molar-refractivity contribution < 1.29 is 0 Å². The van der Waals surface area contributed by atoms with E-state index >= 15 is 0 Å². The van der Waals surface area contributed by atoms with Crippen molar-refractivity contribution in [3.05, 3.63) is 12.7 Å². The second-order valence-electron chi connectivity index (χ2n) is 5.27. The normalized spacial score (nSPS) is 22.1. The van der Waals surface area contributed by atoms with E-state index in [1.807, 2.05) is 6.08 Å². The van der Waals surface area contributed by atoms with Crippen LogP contribution in [0, 0.1) is 0 Å². The molecule has 14 heavy (non-hydrogen) atoms. The molecular weight excluding hydrogens is 208 g/mol. The van der Waals surface area contributed by atoms with Gasteiger partial charge < -0.3 is 0 Å². The summed E-state index contributed by atoms with van der Waals surface area (Å²) in [6, 6.07) is 0. The smallest absolute Gasteiger partial charge is 0.0151 e. The Bertz CT molecular complexity index is 202. The first-order valence-corrected chi connectivity index (χ1v) is 7.14. The zero-order valence-corrected chi connectivity index (χ0v) is 11.4. The molecule has 0 bridgehead atoms. The summed E-state index contributed by atoms with van der Waals surface area (Å²) in [4.78, 5) is 0. The largest absolute Gasteiger partial charge is 0.157 e. The van der Waals surface area contributed by atoms with Crippen LogP contribution in [0.5, 0.6) is 0 Å². The lowest BCUT2D eigenvalue weighted by molar-refractivity contribution is 0.629. The van der Waals surface area contributed by atoms with E-state index in [9.17, 15) is 0 Å². The van der Waals surface area contributed by atoms with E-state index in [2.05, 4.69) is 57.8 Å². The molecule has 0 aromatic rings. The molecule has 0 N–H and O–H groups in total. The van der Waals surface area contributed by atoms with Gasteiger partial charge in [0.25, 0.3) is 0 Å². The molecule has 1 aliphatic heterocycles. The van der Waals surface area contributed by atoms with Gasteiger partial charge in [-0.2, -0.15) is 11.8 Å². The molecule has 0 radical (unpaired) electrons. The molecule has 0 amide bonds. The maximum absolute atomic E-state index is 3.83. The van der Waals surface area contributed by atoms with Crippen molar-refractivity contribution in [1.29, 1.82) is 0 Å². The van der Waals surface area contributed by atoms with Gasteiger partial charge in [0, 0.05) is 20.5 Å². The monoisotopic (exact) mass is 230 g/mol. The molecular formula is C12H22S2. The van der Waals surface area contributed by atoms with Gasteiger partial charge in [0.15, 0.2) is 0 Å². The molecule has 1 aliphatic rings. The van der Waals surface area contributed by atoms with Crippen LogP contribution in [0.25, 0.3) is 0 Å². The summed E-state index contributed by atoms with van der Waals surface area (Å²) < 4.78 is 0.755. The Balaban J connectivity index is 2.42. The Kier molecular flexibility index (Phi) is 4.04. The summed E-state index contributed by atoms with van der Waals surface area (Å²) >= 11 is 4.21. The predicted molar refractivity (Wildman–Crippen MR) is 71.4 cm³/mol. The zero-order valence-electron chi connectivity index (χ0n) is 9.80. The molecule has 2 heteroatoms. The van der Waals surface area contributed by atoms with Gasteiger partial charge in [0.2, 0.25) is 0 Å². The van der Waals surface area contributed by atoms with Crippen molar-refractivity contribution in [2.75, 3.05) is 5.75 Å². The van der Waals surface area contributed by atoms with Crippen molar-refractivity contribution in [2.45, 2.75) is 55.3 Å². The van der Waals surface area contributed by atoms with Gasteiger partial charge in [0.05, 0.1) is 0 Å². The third-order valence-electron chi connectivity index (χ3n) is 2.31. The summed E-state index contributed by atoms with van der Waals surface area (Å²) in [6.07, 6.45) is 4.48. The van der Waals surface area contributed by atoms with Crippen molar-refractivity contribution in [2.24, 2.45) is 0 Å². The Labute approximate surface area is 97.3 Å². The molecule has 0 aliphatic carbocycles. The average molecular weight is 230 g/mol. The number of hydrogen-bond acceptors (Lipinski definition) is 2. The van der Waals surface area contributed by atoms with Crippen LogP contribution in [0.1, 0.15) is 40.5 Å². The Morgan fingerprint density at radius 2 is 1.93 bits per heavy atom. The van der Waals surface area contributed by atoms with Gasteiger partial charge in [-0.3, -0.25) is 0 Å². The molecule has 1 unspecified atom stereocenters. The Morgan fingerprint density at radius 1 is 1.36 bits per heavy atom. The van der Waals surface area contributed by atoms with E-state index in [1.165, 1.54) is 12.2 Å². The van der Waals surface area contributed by atoms with Crippen molar-refractivity contribution in [3.8, 4) is 0 Å². The fourth-order valence-electron chi connectivity index (χ4n) is 1.91. The van der Waals surface area contributed by atoms with E-state index in [4.69, 9.17) is 0 Å². The van der Waals surface area contributed by atoms with E-state index in [0.29, 0.717) is 9.49 Å². The average Bonchev–Trinajstić information content (AvgIpc) is 2.66. The standard InChI is InChI=1S/C12H22S2/c1-6-7-11(2,3)14-12(4,5)8-10-9-13-10/h6,10H,1,7-9H2,2-5H3. The van der Waals surface area contributed by atoms with Crippen LogP contribution in [0.15, 0.2) is 12.7 Å². The van der Waals surface area contributed by atoms with Crippen LogP contribution >= 0.6 is 23.5 Å². The molecule has 0 nitrogen and oxygen atoms in total. The van der Waals surface area contributed by atoms with Gasteiger partial charge >= 0.3 is 0 Å². The minimum absolute atomic E-state index is 0.338. The second kappa shape index (κ2) is 4.52. The van der Waals surface area contributed by atoms with Gasteiger partial charge in [-0.1, -0.05) is 33.8 Å². The molecule has 1 heterocycles. The fraction of sp³-hybridized carbons (Fsp3) is 0.833. The van der Waals surface area contributed by atoms with E-state index in [1.54, 1.807) is 0 Å². The fourth-order valence-corrected chi connectivity index (χ4v) is 4.79. The van der Waals surface area contributed by atoms with Crippen molar-refractivity contribution in [1.82, 2.24) is 0 Å². The van der Waals surface area contributed by atoms with Crippen LogP contribution in [0.4, 0.5) is 0 Å². The summed E-state index contributed by atoms with van der Waals surface area (Å²) in [6.45, 7) is 13.2. The SMILES string of the molecule is C=CCC(C)(C)SC(C)(C)CC1CS1. The molecule has 0 aromatic carbocycles. The van der Waals surface area contributed by atoms with Crippen molar-refractivity contribution >= 4 is 23.5 Å². The minimum Gasteiger partial charge on any atom is -0.157 e. The highest BCUT2D eigenvalue weighted by molar-refractivity contribution is 8.07. The lowest BCUT2D eigenvalue weighted by atomic mass is 10.1. The van der Waals surface area contributed by atoms with Crippen molar-refractivity contribution in [3.63, 3.8) is 0 Å². The highest BCUT2D eigenvalue weighted by Gasteiger charge is 2.34. The highest BCUT2D eigenvalue weighted by atomic mass is 32.2. The van der Waals surface area contributed by atoms with Crippen LogP contribution < -0.4 is 0 Å². The van der Waals surface area contributed by atoms with E-state index in [0.717, 1.165) is 11.7 Å². The maximum Gasteiger partial charge on any atom is 0.0151 e. The van der Waals surface area contributed by atoms with Crippen LogP contribution in [0.2, 0.25) is 0 Å². The molecule has 1 saturated heterocycles. The van der Waals surface area contributed by atoms with Gasteiger partial charge in [0.1, 0.15) is 0 Å². The molecule has 1 rings (SSSR count). The second-order valence-corrected chi connectivity index (χ2v) is 9.02. The van der Waals surface area contributed by atoms with Gasteiger partial charge in [-0.05, 0) is 12.8 Å². The first kappa shape index (κ1) is 12.5. The summed E-state index contributed by atoms with van der Waals surface area (Å²) in [5.74, 6) is 1.38. The summed E-state index contributed by atoms with van der Waals surface area (Å²) in [7, 11) is 0. The number of hydrogen-bond donors (Lipinski definition) is 0. The topological polar surface area (TPSA) is 0 Å². The van der Waals surface area contributed by atoms with E-state index < -0.39 is 0 Å². The third kappa shape index (κ3) is 4.79. The highest BCUT2D eigenvalue weighted by Crippen LogP contribution is 2.46. The Morgan fingerprint density at radius 3 is 2.36 bits per heavy atom. The molecule has 82 valence electrons. The maximum atomic E-state index is 3.83. The zero-order chi connectivity index (χ0) is 10.8.